The summed E-state index contributed by atoms with van der Waals surface area (Å²) >= 11 is 0. The number of benzene rings is 2. The van der Waals surface area contributed by atoms with Crippen LogP contribution in [0.25, 0.3) is 0 Å². The van der Waals surface area contributed by atoms with Crippen LogP contribution in [0.1, 0.15) is 6.92 Å². The normalized spacial score (nSPS) is 11.9. The maximum absolute atomic E-state index is 12.5. The molecule has 1 N–H and O–H groups in total. The van der Waals surface area contributed by atoms with E-state index in [1.54, 1.807) is 24.3 Å². The van der Waals surface area contributed by atoms with Gasteiger partial charge in [0.1, 0.15) is 12.3 Å². The molecule has 2 aromatic carbocycles. The van der Waals surface area contributed by atoms with Gasteiger partial charge in [0.25, 0.3) is 0 Å². The van der Waals surface area contributed by atoms with Gasteiger partial charge in [-0.15, -0.1) is 0 Å². The van der Waals surface area contributed by atoms with Crippen LogP contribution in [0.5, 0.6) is 5.75 Å². The van der Waals surface area contributed by atoms with Crippen molar-refractivity contribution in [2.45, 2.75) is 11.8 Å². The van der Waals surface area contributed by atoms with E-state index in [-0.39, 0.29) is 10.6 Å². The van der Waals surface area contributed by atoms with Gasteiger partial charge < -0.3 is 10.1 Å². The zero-order valence-electron chi connectivity index (χ0n) is 17.2. The number of rotatable bonds is 9. The largest absolute Gasteiger partial charge is 0.492 e. The van der Waals surface area contributed by atoms with Gasteiger partial charge >= 0.3 is 0 Å². The van der Waals surface area contributed by atoms with Gasteiger partial charge in [-0.2, -0.15) is 0 Å². The second kappa shape index (κ2) is 9.45. The third-order valence-electron chi connectivity index (χ3n) is 4.05. The number of amides is 1. The van der Waals surface area contributed by atoms with E-state index in [9.17, 15) is 21.6 Å². The summed E-state index contributed by atoms with van der Waals surface area (Å²) in [4.78, 5) is 12.6. The van der Waals surface area contributed by atoms with E-state index in [1.807, 2.05) is 6.92 Å². The average molecular weight is 456 g/mol. The fourth-order valence-electron chi connectivity index (χ4n) is 2.57. The molecule has 0 bridgehead atoms. The van der Waals surface area contributed by atoms with Crippen molar-refractivity contribution in [3.05, 3.63) is 48.5 Å². The summed E-state index contributed by atoms with van der Waals surface area (Å²) in [5.74, 6) is -0.102. The monoisotopic (exact) mass is 455 g/mol. The van der Waals surface area contributed by atoms with Crippen LogP contribution in [0.3, 0.4) is 0 Å². The number of hydrogen-bond donors (Lipinski definition) is 1. The highest BCUT2D eigenvalue weighted by Crippen LogP contribution is 2.25. The molecule has 2 aromatic rings. The van der Waals surface area contributed by atoms with Crippen molar-refractivity contribution in [1.82, 2.24) is 4.31 Å². The third-order valence-corrected chi connectivity index (χ3v) is 7.02. The Labute approximate surface area is 177 Å². The predicted molar refractivity (Wildman–Crippen MR) is 116 cm³/mol. The molecule has 0 aromatic heterocycles. The molecular formula is C19H25N3O6S2. The topological polar surface area (TPSA) is 113 Å². The first-order chi connectivity index (χ1) is 14.0. The number of hydrogen-bond acceptors (Lipinski definition) is 6. The number of nitrogens with one attached hydrogen (secondary N) is 1. The summed E-state index contributed by atoms with van der Waals surface area (Å²) < 4.78 is 56.3. The molecule has 1 amide bonds. The molecule has 0 saturated carbocycles. The second-order valence-corrected chi connectivity index (χ2v) is 10.6. The molecule has 9 nitrogen and oxygen atoms in total. The van der Waals surface area contributed by atoms with Gasteiger partial charge in [0.05, 0.1) is 29.1 Å². The van der Waals surface area contributed by atoms with Crippen molar-refractivity contribution < 1.29 is 26.4 Å². The maximum atomic E-state index is 12.5. The first-order valence-corrected chi connectivity index (χ1v) is 12.3. The molecular weight excluding hydrogens is 430 g/mol. The van der Waals surface area contributed by atoms with Gasteiger partial charge in [-0.3, -0.25) is 9.10 Å². The minimum absolute atomic E-state index is 0.0137. The molecule has 0 radical (unpaired) electrons. The molecule has 0 saturated heterocycles. The Hall–Kier alpha value is -2.63. The molecule has 0 aliphatic carbocycles. The Morgan fingerprint density at radius 3 is 2.13 bits per heavy atom. The van der Waals surface area contributed by atoms with Crippen molar-refractivity contribution in [2.24, 2.45) is 0 Å². The second-order valence-electron chi connectivity index (χ2n) is 6.53. The van der Waals surface area contributed by atoms with Gasteiger partial charge in [0.2, 0.25) is 26.0 Å². The molecule has 164 valence electrons. The van der Waals surface area contributed by atoms with Crippen molar-refractivity contribution in [2.75, 3.05) is 43.1 Å². The van der Waals surface area contributed by atoms with Crippen LogP contribution in [-0.4, -0.2) is 60.6 Å². The lowest BCUT2D eigenvalue weighted by Gasteiger charge is -2.22. The SMILES string of the molecule is CCOc1ccccc1NC(=O)CN(c1ccc(S(=O)(=O)N(C)C)cc1)S(C)(=O)=O. The van der Waals surface area contributed by atoms with Gasteiger partial charge in [-0.1, -0.05) is 12.1 Å². The van der Waals surface area contributed by atoms with E-state index >= 15 is 0 Å². The highest BCUT2D eigenvalue weighted by molar-refractivity contribution is 7.92. The molecule has 0 fully saturated rings. The lowest BCUT2D eigenvalue weighted by Crippen LogP contribution is -2.37. The Morgan fingerprint density at radius 2 is 1.60 bits per heavy atom. The Balaban J connectivity index is 2.27. The standard InChI is InChI=1S/C19H25N3O6S2/c1-5-28-18-9-7-6-8-17(18)20-19(23)14-22(29(4,24)25)15-10-12-16(13-11-15)30(26,27)21(2)3/h6-13H,5,14H2,1-4H3,(H,20,23). The predicted octanol–water partition coefficient (Wildman–Crippen LogP) is 1.74. The maximum Gasteiger partial charge on any atom is 0.245 e. The van der Waals surface area contributed by atoms with Crippen molar-refractivity contribution in [3.63, 3.8) is 0 Å². The van der Waals surface area contributed by atoms with Crippen molar-refractivity contribution in [3.8, 4) is 5.75 Å². The molecule has 0 spiro atoms. The summed E-state index contributed by atoms with van der Waals surface area (Å²) in [6, 6.07) is 12.1. The third kappa shape index (κ3) is 5.71. The Bertz CT molecular complexity index is 1100. The molecule has 0 aliphatic heterocycles. The van der Waals surface area contributed by atoms with E-state index in [1.165, 1.54) is 38.4 Å². The molecule has 30 heavy (non-hydrogen) atoms. The van der Waals surface area contributed by atoms with Gasteiger partial charge in [0.15, 0.2) is 0 Å². The van der Waals surface area contributed by atoms with Crippen LogP contribution in [0, 0.1) is 0 Å². The highest BCUT2D eigenvalue weighted by atomic mass is 32.2. The zero-order chi connectivity index (χ0) is 22.5. The smallest absolute Gasteiger partial charge is 0.245 e. The molecule has 0 heterocycles. The molecule has 2 rings (SSSR count). The summed E-state index contributed by atoms with van der Waals surface area (Å²) in [6.07, 6.45) is 0.971. The van der Waals surface area contributed by atoms with Crippen LogP contribution >= 0.6 is 0 Å². The van der Waals surface area contributed by atoms with Crippen molar-refractivity contribution in [1.29, 1.82) is 0 Å². The molecule has 0 atom stereocenters. The molecule has 11 heteroatoms. The lowest BCUT2D eigenvalue weighted by molar-refractivity contribution is -0.114. The minimum Gasteiger partial charge on any atom is -0.492 e. The van der Waals surface area contributed by atoms with Crippen LogP contribution in [0.4, 0.5) is 11.4 Å². The van der Waals surface area contributed by atoms with E-state index in [0.717, 1.165) is 14.9 Å². The lowest BCUT2D eigenvalue weighted by atomic mass is 10.3. The average Bonchev–Trinajstić information content (AvgIpc) is 2.67. The van der Waals surface area contributed by atoms with E-state index < -0.39 is 32.5 Å². The van der Waals surface area contributed by atoms with Crippen LogP contribution in [0.15, 0.2) is 53.4 Å². The quantitative estimate of drug-likeness (QED) is 0.616. The van der Waals surface area contributed by atoms with Crippen LogP contribution < -0.4 is 14.4 Å². The molecule has 0 unspecified atom stereocenters. The number of carbonyl (C=O) groups excluding carboxylic acids is 1. The van der Waals surface area contributed by atoms with Gasteiger partial charge in [0, 0.05) is 14.1 Å². The Morgan fingerprint density at radius 1 is 1.00 bits per heavy atom. The zero-order valence-corrected chi connectivity index (χ0v) is 18.8. The van der Waals surface area contributed by atoms with Crippen LogP contribution in [-0.2, 0) is 24.8 Å². The Kier molecular flexibility index (Phi) is 7.45. The minimum atomic E-state index is -3.81. The number of nitrogens with zero attached hydrogens (tertiary/aromatic N) is 2. The highest BCUT2D eigenvalue weighted by Gasteiger charge is 2.23. The van der Waals surface area contributed by atoms with E-state index in [0.29, 0.717) is 18.0 Å². The number of sulfonamides is 2. The first kappa shape index (κ1) is 23.6. The summed E-state index contributed by atoms with van der Waals surface area (Å²) in [7, 11) is -4.67. The first-order valence-electron chi connectivity index (χ1n) is 8.98. The number of carbonyl (C=O) groups is 1. The summed E-state index contributed by atoms with van der Waals surface area (Å²) in [5, 5.41) is 2.65. The fraction of sp³-hybridized carbons (Fsp3) is 0.316. The van der Waals surface area contributed by atoms with E-state index in [4.69, 9.17) is 4.74 Å². The number of ether oxygens (including phenoxy) is 1. The van der Waals surface area contributed by atoms with Gasteiger partial charge in [-0.25, -0.2) is 21.1 Å². The number of para-hydroxylation sites is 2. The fourth-order valence-corrected chi connectivity index (χ4v) is 4.32. The van der Waals surface area contributed by atoms with Gasteiger partial charge in [-0.05, 0) is 43.3 Å². The molecule has 0 aliphatic rings. The van der Waals surface area contributed by atoms with E-state index in [2.05, 4.69) is 5.32 Å². The summed E-state index contributed by atoms with van der Waals surface area (Å²) in [5.41, 5.74) is 0.591. The van der Waals surface area contributed by atoms with Crippen LogP contribution in [0.2, 0.25) is 0 Å². The number of anilines is 2. The van der Waals surface area contributed by atoms with Crippen molar-refractivity contribution >= 4 is 37.3 Å². The summed E-state index contributed by atoms with van der Waals surface area (Å²) in [6.45, 7) is 1.73.